The molecule has 0 saturated heterocycles. The number of hydrogen-bond acceptors (Lipinski definition) is 0. The summed E-state index contributed by atoms with van der Waals surface area (Å²) in [4.78, 5) is 0. The van der Waals surface area contributed by atoms with Crippen LogP contribution >= 0.6 is 17.0 Å². The minimum absolute atomic E-state index is 0. The van der Waals surface area contributed by atoms with Crippen LogP contribution in [0.1, 0.15) is 26.2 Å². The van der Waals surface area contributed by atoms with E-state index in [0.717, 1.165) is 6.42 Å². The molecule has 0 bridgehead atoms. The standard InChI is InChI=1S/C5H11.BrH.Pd/c1-3-5-4-2;;/h1,3-5H2,2H3;1H;/q-1;;. The molecule has 0 N–H and O–H groups in total. The molecular formula is C5H12BrPd-. The minimum Gasteiger partial charge on any atom is -0.343 e. The van der Waals surface area contributed by atoms with E-state index >= 15 is 0 Å². The van der Waals surface area contributed by atoms with Crippen LogP contribution in [0.4, 0.5) is 0 Å². The molecule has 0 radical (unpaired) electrons. The summed E-state index contributed by atoms with van der Waals surface area (Å²) in [5.41, 5.74) is 0. The van der Waals surface area contributed by atoms with Crippen LogP contribution in [-0.4, -0.2) is 0 Å². The van der Waals surface area contributed by atoms with Crippen LogP contribution < -0.4 is 0 Å². The first-order valence-electron chi connectivity index (χ1n) is 2.21. The van der Waals surface area contributed by atoms with Crippen LogP contribution in [0.3, 0.4) is 0 Å². The van der Waals surface area contributed by atoms with Crippen LogP contribution in [0, 0.1) is 6.92 Å². The van der Waals surface area contributed by atoms with Crippen LogP contribution in [-0.2, 0) is 20.4 Å². The summed E-state index contributed by atoms with van der Waals surface area (Å²) in [5, 5.41) is 0. The fraction of sp³-hybridized carbons (Fsp3) is 0.800. The van der Waals surface area contributed by atoms with Gasteiger partial charge in [-0.25, -0.2) is 0 Å². The molecule has 0 saturated carbocycles. The maximum absolute atomic E-state index is 3.68. The third-order valence-electron chi connectivity index (χ3n) is 0.604. The molecule has 0 heterocycles. The van der Waals surface area contributed by atoms with Crippen LogP contribution in [0.5, 0.6) is 0 Å². The Morgan fingerprint density at radius 3 is 1.86 bits per heavy atom. The molecular weight excluding hydrogens is 246 g/mol. The van der Waals surface area contributed by atoms with E-state index in [-0.39, 0.29) is 37.4 Å². The second-order valence-corrected chi connectivity index (χ2v) is 1.21. The van der Waals surface area contributed by atoms with E-state index in [0.29, 0.717) is 0 Å². The van der Waals surface area contributed by atoms with Crippen molar-refractivity contribution < 1.29 is 20.4 Å². The van der Waals surface area contributed by atoms with Crippen molar-refractivity contribution in [3.8, 4) is 0 Å². The number of unbranched alkanes of at least 4 members (excludes halogenated alkanes) is 2. The van der Waals surface area contributed by atoms with Gasteiger partial charge in [0.25, 0.3) is 0 Å². The molecule has 0 fully saturated rings. The van der Waals surface area contributed by atoms with Gasteiger partial charge in [-0.1, -0.05) is 19.8 Å². The van der Waals surface area contributed by atoms with Crippen molar-refractivity contribution in [1.82, 2.24) is 0 Å². The Bertz CT molecular complexity index is 15.6. The number of hydrogen-bond donors (Lipinski definition) is 0. The van der Waals surface area contributed by atoms with Crippen molar-refractivity contribution in [1.29, 1.82) is 0 Å². The maximum atomic E-state index is 3.68. The zero-order chi connectivity index (χ0) is 4.12. The first kappa shape index (κ1) is 15.7. The predicted octanol–water partition coefficient (Wildman–Crippen LogP) is 2.59. The van der Waals surface area contributed by atoms with E-state index in [1.165, 1.54) is 12.8 Å². The predicted molar refractivity (Wildman–Crippen MR) is 35.2 cm³/mol. The van der Waals surface area contributed by atoms with E-state index in [9.17, 15) is 0 Å². The molecule has 0 atom stereocenters. The molecule has 0 spiro atoms. The SMILES string of the molecule is Br.[CH2-]CCCC.[Pd]. The number of halogens is 1. The van der Waals surface area contributed by atoms with Gasteiger partial charge >= 0.3 is 0 Å². The molecule has 0 aromatic heterocycles. The van der Waals surface area contributed by atoms with Gasteiger partial charge in [-0.3, -0.25) is 0 Å². The molecule has 0 aromatic rings. The summed E-state index contributed by atoms with van der Waals surface area (Å²) in [6, 6.07) is 0. The van der Waals surface area contributed by atoms with Gasteiger partial charge in [0, 0.05) is 20.4 Å². The van der Waals surface area contributed by atoms with Gasteiger partial charge in [0.2, 0.25) is 0 Å². The van der Waals surface area contributed by atoms with Gasteiger partial charge in [0.15, 0.2) is 0 Å². The minimum atomic E-state index is 0. The molecule has 0 unspecified atom stereocenters. The van der Waals surface area contributed by atoms with Crippen molar-refractivity contribution >= 4 is 17.0 Å². The Morgan fingerprint density at radius 2 is 1.86 bits per heavy atom. The largest absolute Gasteiger partial charge is 0.343 e. The van der Waals surface area contributed by atoms with Crippen molar-refractivity contribution in [3.05, 3.63) is 6.92 Å². The summed E-state index contributed by atoms with van der Waals surface area (Å²) in [6.07, 6.45) is 3.65. The van der Waals surface area contributed by atoms with Gasteiger partial charge in [-0.05, 0) is 0 Å². The summed E-state index contributed by atoms with van der Waals surface area (Å²) >= 11 is 0. The Labute approximate surface area is 70.5 Å². The van der Waals surface area contributed by atoms with Crippen molar-refractivity contribution in [2.45, 2.75) is 26.2 Å². The third-order valence-corrected chi connectivity index (χ3v) is 0.604. The molecule has 50 valence electrons. The quantitative estimate of drug-likeness (QED) is 0.527. The fourth-order valence-electron chi connectivity index (χ4n) is 0.250. The Kier molecular flexibility index (Phi) is 35.2. The smallest absolute Gasteiger partial charge is 0 e. The average Bonchev–Trinajstić information content (AvgIpc) is 1.41. The van der Waals surface area contributed by atoms with E-state index in [4.69, 9.17) is 0 Å². The second kappa shape index (κ2) is 15.7. The normalized spacial score (nSPS) is 6.00. The average molecular weight is 258 g/mol. The number of rotatable bonds is 2. The van der Waals surface area contributed by atoms with Gasteiger partial charge in [0.05, 0.1) is 0 Å². The Morgan fingerprint density at radius 1 is 1.43 bits per heavy atom. The molecule has 0 amide bonds. The molecule has 0 rings (SSSR count). The molecule has 0 aliphatic rings. The fourth-order valence-corrected chi connectivity index (χ4v) is 0.250. The van der Waals surface area contributed by atoms with E-state index < -0.39 is 0 Å². The zero-order valence-corrected chi connectivity index (χ0v) is 7.82. The van der Waals surface area contributed by atoms with Gasteiger partial charge in [-0.2, -0.15) is 6.42 Å². The molecule has 0 aliphatic heterocycles. The zero-order valence-electron chi connectivity index (χ0n) is 4.55. The first-order chi connectivity index (χ1) is 2.41. The molecule has 0 nitrogen and oxygen atoms in total. The monoisotopic (exact) mass is 257 g/mol. The molecule has 0 aromatic carbocycles. The molecule has 7 heavy (non-hydrogen) atoms. The maximum Gasteiger partial charge on any atom is 0 e. The van der Waals surface area contributed by atoms with E-state index in [1.807, 2.05) is 0 Å². The first-order valence-corrected chi connectivity index (χ1v) is 2.21. The Hall–Kier alpha value is 1.14. The summed E-state index contributed by atoms with van der Waals surface area (Å²) in [7, 11) is 0. The van der Waals surface area contributed by atoms with Crippen molar-refractivity contribution in [2.75, 3.05) is 0 Å². The van der Waals surface area contributed by atoms with E-state index in [1.54, 1.807) is 0 Å². The van der Waals surface area contributed by atoms with Crippen LogP contribution in [0.2, 0.25) is 0 Å². The Balaban J connectivity index is -0.0000000800. The van der Waals surface area contributed by atoms with Gasteiger partial charge in [-0.15, -0.1) is 17.0 Å². The van der Waals surface area contributed by atoms with Crippen LogP contribution in [0.15, 0.2) is 0 Å². The summed E-state index contributed by atoms with van der Waals surface area (Å²) in [6.45, 7) is 5.85. The summed E-state index contributed by atoms with van der Waals surface area (Å²) in [5.74, 6) is 0. The third kappa shape index (κ3) is 19.1. The van der Waals surface area contributed by atoms with E-state index in [2.05, 4.69) is 13.8 Å². The molecule has 2 heteroatoms. The topological polar surface area (TPSA) is 0 Å². The van der Waals surface area contributed by atoms with Crippen molar-refractivity contribution in [2.24, 2.45) is 0 Å². The van der Waals surface area contributed by atoms with Crippen molar-refractivity contribution in [3.63, 3.8) is 0 Å². The van der Waals surface area contributed by atoms with Crippen LogP contribution in [0.25, 0.3) is 0 Å². The molecule has 0 aliphatic carbocycles. The van der Waals surface area contributed by atoms with Gasteiger partial charge in [0.1, 0.15) is 0 Å². The van der Waals surface area contributed by atoms with Gasteiger partial charge < -0.3 is 6.92 Å². The summed E-state index contributed by atoms with van der Waals surface area (Å²) < 4.78 is 0. The second-order valence-electron chi connectivity index (χ2n) is 1.21.